The molecule has 0 fully saturated rings. The molecule has 0 rings (SSSR count). The van der Waals surface area contributed by atoms with Crippen molar-refractivity contribution in [3.63, 3.8) is 0 Å². The Labute approximate surface area is 95.0 Å². The van der Waals surface area contributed by atoms with E-state index < -0.39 is 17.1 Å². The van der Waals surface area contributed by atoms with Crippen LogP contribution in [0, 0.1) is 0 Å². The molecule has 0 unspecified atom stereocenters. The molecule has 0 atom stereocenters. The Bertz CT molecular complexity index is 172. The van der Waals surface area contributed by atoms with Crippen molar-refractivity contribution in [1.29, 1.82) is 0 Å². The maximum absolute atomic E-state index is 5.71. The zero-order chi connectivity index (χ0) is 11.0. The van der Waals surface area contributed by atoms with Gasteiger partial charge in [-0.15, -0.1) is 0 Å². The summed E-state index contributed by atoms with van der Waals surface area (Å²) >= 11 is 4.85. The molecule has 0 aromatic carbocycles. The van der Waals surface area contributed by atoms with Gasteiger partial charge in [0.25, 0.3) is 0 Å². The summed E-state index contributed by atoms with van der Waals surface area (Å²) in [6, 6.07) is 0. The molecule has 0 aromatic rings. The van der Waals surface area contributed by atoms with Crippen molar-refractivity contribution in [3.05, 3.63) is 0 Å². The van der Waals surface area contributed by atoms with Crippen molar-refractivity contribution in [2.24, 2.45) is 0 Å². The van der Waals surface area contributed by atoms with Crippen LogP contribution in [-0.4, -0.2) is 41.6 Å². The number of thiocarbonyl (C=S) groups is 1. The summed E-state index contributed by atoms with van der Waals surface area (Å²) in [6.07, 6.45) is 0.734. The van der Waals surface area contributed by atoms with Gasteiger partial charge in [0, 0.05) is 20.1 Å². The lowest BCUT2D eigenvalue weighted by atomic mass is 10.9. The van der Waals surface area contributed by atoms with Crippen LogP contribution in [0.5, 0.6) is 0 Å². The Hall–Kier alpha value is 0.244. The second-order valence-corrected chi connectivity index (χ2v) is 12.8. The molecule has 6 heteroatoms. The van der Waals surface area contributed by atoms with Crippen molar-refractivity contribution in [2.45, 2.75) is 27.3 Å². The Morgan fingerprint density at radius 2 is 1.79 bits per heavy atom. The van der Waals surface area contributed by atoms with Gasteiger partial charge < -0.3 is 13.6 Å². The Kier molecular flexibility index (Phi) is 7.66. The van der Waals surface area contributed by atoms with E-state index in [0.29, 0.717) is 5.05 Å². The highest BCUT2D eigenvalue weighted by Crippen LogP contribution is 2.05. The van der Waals surface area contributed by atoms with Gasteiger partial charge in [0.05, 0.1) is 6.23 Å². The smallest absolute Gasteiger partial charge is 0.309 e. The van der Waals surface area contributed by atoms with Gasteiger partial charge >= 0.3 is 8.08 Å². The molecule has 0 amide bonds. The molecule has 0 spiro atoms. The van der Waals surface area contributed by atoms with E-state index in [-0.39, 0.29) is 0 Å². The SMILES string of the molecule is CCO[Si](C)(OCC)[SiH2]COC(C)=S. The van der Waals surface area contributed by atoms with Crippen LogP contribution in [0.4, 0.5) is 0 Å². The summed E-state index contributed by atoms with van der Waals surface area (Å²) < 4.78 is 16.7. The van der Waals surface area contributed by atoms with Gasteiger partial charge in [0.15, 0.2) is 5.05 Å². The van der Waals surface area contributed by atoms with Crippen LogP contribution in [0.25, 0.3) is 0 Å². The van der Waals surface area contributed by atoms with Crippen LogP contribution >= 0.6 is 12.2 Å². The zero-order valence-corrected chi connectivity index (χ0v) is 12.7. The zero-order valence-electron chi connectivity index (χ0n) is 9.46. The number of ether oxygens (including phenoxy) is 1. The van der Waals surface area contributed by atoms with Crippen LogP contribution in [-0.2, 0) is 13.6 Å². The molecular formula is C8H20O3SSi2. The molecule has 0 aromatic heterocycles. The summed E-state index contributed by atoms with van der Waals surface area (Å²) in [5, 5.41) is 0.613. The first-order valence-electron chi connectivity index (χ1n) is 4.95. The molecule has 14 heavy (non-hydrogen) atoms. The maximum Gasteiger partial charge on any atom is 0.309 e. The Balaban J connectivity index is 3.88. The molecule has 84 valence electrons. The highest BCUT2D eigenvalue weighted by Gasteiger charge is 2.30. The van der Waals surface area contributed by atoms with Crippen molar-refractivity contribution < 1.29 is 13.6 Å². The van der Waals surface area contributed by atoms with E-state index in [1.54, 1.807) is 6.92 Å². The normalized spacial score (nSPS) is 12.3. The summed E-state index contributed by atoms with van der Waals surface area (Å²) in [5.41, 5.74) is 0. The molecule has 0 radical (unpaired) electrons. The minimum Gasteiger partial charge on any atom is -0.492 e. The first-order valence-corrected chi connectivity index (χ1v) is 11.0. The van der Waals surface area contributed by atoms with Crippen LogP contribution in [0.15, 0.2) is 0 Å². The standard InChI is InChI=1S/C8H20O3SSi2/c1-5-10-14(4,11-6-2)13-7-9-8(3)12/h5-7,13H2,1-4H3. The van der Waals surface area contributed by atoms with Crippen LogP contribution < -0.4 is 0 Å². The Morgan fingerprint density at radius 1 is 1.29 bits per heavy atom. The number of hydrogen-bond donors (Lipinski definition) is 0. The highest BCUT2D eigenvalue weighted by atomic mass is 32.1. The molecule has 3 nitrogen and oxygen atoms in total. The molecular weight excluding hydrogens is 232 g/mol. The maximum atomic E-state index is 5.71. The monoisotopic (exact) mass is 252 g/mol. The van der Waals surface area contributed by atoms with Gasteiger partial charge in [0.2, 0.25) is 0 Å². The predicted molar refractivity (Wildman–Crippen MR) is 67.6 cm³/mol. The third-order valence-corrected chi connectivity index (χ3v) is 9.56. The topological polar surface area (TPSA) is 27.7 Å². The van der Waals surface area contributed by atoms with E-state index in [0.717, 1.165) is 19.4 Å². The van der Waals surface area contributed by atoms with Gasteiger partial charge in [-0.25, -0.2) is 0 Å². The molecule has 0 aliphatic heterocycles. The van der Waals surface area contributed by atoms with E-state index >= 15 is 0 Å². The molecule has 0 N–H and O–H groups in total. The quantitative estimate of drug-likeness (QED) is 0.501. The van der Waals surface area contributed by atoms with Gasteiger partial charge in [-0.05, 0) is 32.6 Å². The average molecular weight is 252 g/mol. The van der Waals surface area contributed by atoms with E-state index in [4.69, 9.17) is 25.8 Å². The molecule has 0 saturated carbocycles. The van der Waals surface area contributed by atoms with Gasteiger partial charge in [-0.1, -0.05) is 0 Å². The Morgan fingerprint density at radius 3 is 2.14 bits per heavy atom. The second kappa shape index (κ2) is 7.52. The van der Waals surface area contributed by atoms with Crippen LogP contribution in [0.2, 0.25) is 6.55 Å². The fourth-order valence-corrected chi connectivity index (χ4v) is 7.29. The lowest BCUT2D eigenvalue weighted by Gasteiger charge is -2.25. The van der Waals surface area contributed by atoms with Crippen molar-refractivity contribution in [3.8, 4) is 0 Å². The minimum absolute atomic E-state index is 0.451. The van der Waals surface area contributed by atoms with Crippen LogP contribution in [0.1, 0.15) is 20.8 Å². The molecule has 0 saturated heterocycles. The lowest BCUT2D eigenvalue weighted by molar-refractivity contribution is 0.207. The summed E-state index contributed by atoms with van der Waals surface area (Å²) in [5.74, 6) is 0. The van der Waals surface area contributed by atoms with Crippen LogP contribution in [0.3, 0.4) is 0 Å². The number of hydrogen-bond acceptors (Lipinski definition) is 4. The molecule has 0 heterocycles. The first-order chi connectivity index (χ1) is 6.54. The average Bonchev–Trinajstić information content (AvgIpc) is 2.03. The van der Waals surface area contributed by atoms with Crippen molar-refractivity contribution >= 4 is 34.4 Å². The summed E-state index contributed by atoms with van der Waals surface area (Å²) in [4.78, 5) is 0. The van der Waals surface area contributed by atoms with Gasteiger partial charge in [-0.2, -0.15) is 0 Å². The summed E-state index contributed by atoms with van der Waals surface area (Å²) in [7, 11) is -2.31. The van der Waals surface area contributed by atoms with Crippen molar-refractivity contribution in [1.82, 2.24) is 0 Å². The minimum atomic E-state index is -1.86. The van der Waals surface area contributed by atoms with E-state index in [1.807, 2.05) is 13.8 Å². The van der Waals surface area contributed by atoms with E-state index in [2.05, 4.69) is 6.55 Å². The number of rotatable bonds is 7. The fraction of sp³-hybridized carbons (Fsp3) is 0.875. The van der Waals surface area contributed by atoms with E-state index in [9.17, 15) is 0 Å². The van der Waals surface area contributed by atoms with Gasteiger partial charge in [0.1, 0.15) is 9.04 Å². The third kappa shape index (κ3) is 6.66. The van der Waals surface area contributed by atoms with Gasteiger partial charge in [-0.3, -0.25) is 0 Å². The van der Waals surface area contributed by atoms with Crippen molar-refractivity contribution in [2.75, 3.05) is 19.4 Å². The molecule has 0 aliphatic carbocycles. The molecule has 0 bridgehead atoms. The third-order valence-electron chi connectivity index (χ3n) is 1.76. The summed E-state index contributed by atoms with van der Waals surface area (Å²) in [6.45, 7) is 9.38. The largest absolute Gasteiger partial charge is 0.492 e. The highest BCUT2D eigenvalue weighted by molar-refractivity contribution is 7.80. The lowest BCUT2D eigenvalue weighted by Crippen LogP contribution is -2.48. The predicted octanol–water partition coefficient (Wildman–Crippen LogP) is 1.12. The fourth-order valence-electron chi connectivity index (χ4n) is 1.18. The first kappa shape index (κ1) is 14.2. The second-order valence-electron chi connectivity index (χ2n) is 3.09. The van der Waals surface area contributed by atoms with E-state index in [1.165, 1.54) is 0 Å². The molecule has 0 aliphatic rings.